The molecule has 0 bridgehead atoms. The molecule has 136 valence electrons. The highest BCUT2D eigenvalue weighted by Crippen LogP contribution is 2.36. The molecule has 2 aliphatic heterocycles. The Hall–Kier alpha value is -1.87. The molecule has 0 radical (unpaired) electrons. The van der Waals surface area contributed by atoms with Crippen LogP contribution in [0, 0.1) is 5.82 Å². The lowest BCUT2D eigenvalue weighted by atomic mass is 9.80. The van der Waals surface area contributed by atoms with Gasteiger partial charge in [0.25, 0.3) is 0 Å². The molecule has 0 atom stereocenters. The maximum Gasteiger partial charge on any atom is 0.496 e. The van der Waals surface area contributed by atoms with Gasteiger partial charge in [0.15, 0.2) is 11.6 Å². The fourth-order valence-corrected chi connectivity index (χ4v) is 2.90. The van der Waals surface area contributed by atoms with E-state index in [1.807, 2.05) is 27.7 Å². The Kier molecular flexibility index (Phi) is 4.41. The van der Waals surface area contributed by atoms with Crippen LogP contribution in [0.2, 0.25) is 0 Å². The number of rotatable bonds is 2. The van der Waals surface area contributed by atoms with Gasteiger partial charge in [0.1, 0.15) is 0 Å². The normalized spacial score (nSPS) is 22.4. The molecular formula is C16H23BFN3O4. The molecule has 0 spiro atoms. The fourth-order valence-electron chi connectivity index (χ4n) is 2.90. The molecule has 0 unspecified atom stereocenters. The molecule has 1 N–H and O–H groups in total. The summed E-state index contributed by atoms with van der Waals surface area (Å²) >= 11 is 0. The predicted octanol–water partition coefficient (Wildman–Crippen LogP) is 1.32. The van der Waals surface area contributed by atoms with Crippen LogP contribution in [0.25, 0.3) is 0 Å². The third-order valence-corrected chi connectivity index (χ3v) is 5.22. The number of halogens is 1. The molecule has 9 heteroatoms. The minimum Gasteiger partial charge on any atom is -0.465 e. The molecule has 0 aromatic carbocycles. The zero-order valence-electron chi connectivity index (χ0n) is 15.0. The second-order valence-corrected chi connectivity index (χ2v) is 7.42. The van der Waals surface area contributed by atoms with E-state index < -0.39 is 30.2 Å². The van der Waals surface area contributed by atoms with Crippen LogP contribution >= 0.6 is 0 Å². The van der Waals surface area contributed by atoms with Crippen molar-refractivity contribution in [3.8, 4) is 0 Å². The van der Waals surface area contributed by atoms with Crippen molar-refractivity contribution < 1.29 is 23.6 Å². The Morgan fingerprint density at radius 3 is 2.24 bits per heavy atom. The van der Waals surface area contributed by atoms with Crippen molar-refractivity contribution in [2.75, 3.05) is 31.1 Å². The van der Waals surface area contributed by atoms with Gasteiger partial charge in [-0.05, 0) is 33.8 Å². The van der Waals surface area contributed by atoms with Crippen molar-refractivity contribution in [1.29, 1.82) is 0 Å². The maximum atomic E-state index is 14.6. The summed E-state index contributed by atoms with van der Waals surface area (Å²) in [5.41, 5.74) is -0.469. The number of hydrogen-bond donors (Lipinski definition) is 1. The second kappa shape index (κ2) is 6.14. The Morgan fingerprint density at radius 1 is 1.20 bits per heavy atom. The Labute approximate surface area is 146 Å². The Bertz CT molecular complexity index is 661. The summed E-state index contributed by atoms with van der Waals surface area (Å²) in [4.78, 5) is 18.3. The van der Waals surface area contributed by atoms with Crippen LogP contribution < -0.4 is 10.4 Å². The molecule has 0 aliphatic carbocycles. The van der Waals surface area contributed by atoms with Gasteiger partial charge < -0.3 is 24.2 Å². The molecule has 3 rings (SSSR count). The third kappa shape index (κ3) is 3.30. The number of hydrogen-bond acceptors (Lipinski definition) is 5. The standard InChI is InChI=1S/C16H23BFN3O4/c1-15(2)16(3,4)25-17(24-15)11-9-12(18)13(19-10-11)20-5-7-21(8-6-20)14(22)23/h9-10H,5-8H2,1-4H3,(H,22,23). The van der Waals surface area contributed by atoms with E-state index in [1.165, 1.54) is 11.0 Å². The molecule has 2 fully saturated rings. The zero-order chi connectivity index (χ0) is 18.4. The van der Waals surface area contributed by atoms with E-state index in [2.05, 4.69) is 4.98 Å². The number of anilines is 1. The summed E-state index contributed by atoms with van der Waals surface area (Å²) in [5, 5.41) is 8.98. The molecule has 3 heterocycles. The molecule has 1 aromatic rings. The first-order chi connectivity index (χ1) is 11.6. The smallest absolute Gasteiger partial charge is 0.465 e. The van der Waals surface area contributed by atoms with Crippen molar-refractivity contribution in [2.45, 2.75) is 38.9 Å². The van der Waals surface area contributed by atoms with Crippen LogP contribution in [0.5, 0.6) is 0 Å². The molecule has 1 amide bonds. The molecule has 1 aromatic heterocycles. The van der Waals surface area contributed by atoms with E-state index in [1.54, 1.807) is 11.1 Å². The first-order valence-electron chi connectivity index (χ1n) is 8.34. The average Bonchev–Trinajstić information content (AvgIpc) is 2.75. The lowest BCUT2D eigenvalue weighted by Gasteiger charge is -2.34. The SMILES string of the molecule is CC1(C)OB(c2cnc(N3CCN(C(=O)O)CC3)c(F)c2)OC1(C)C. The van der Waals surface area contributed by atoms with Crippen LogP contribution in [-0.4, -0.2) is 65.6 Å². The Morgan fingerprint density at radius 2 is 1.76 bits per heavy atom. The van der Waals surface area contributed by atoms with Gasteiger partial charge in [0.05, 0.1) is 11.2 Å². The van der Waals surface area contributed by atoms with E-state index >= 15 is 0 Å². The lowest BCUT2D eigenvalue weighted by Crippen LogP contribution is -2.49. The molecule has 2 saturated heterocycles. The van der Waals surface area contributed by atoms with Gasteiger partial charge in [-0.15, -0.1) is 0 Å². The summed E-state index contributed by atoms with van der Waals surface area (Å²) in [5.74, 6) is -0.235. The fraction of sp³-hybridized carbons (Fsp3) is 0.625. The topological polar surface area (TPSA) is 75.1 Å². The van der Waals surface area contributed by atoms with E-state index in [0.717, 1.165) is 0 Å². The first-order valence-corrected chi connectivity index (χ1v) is 8.34. The molecule has 0 saturated carbocycles. The van der Waals surface area contributed by atoms with Gasteiger partial charge in [-0.2, -0.15) is 0 Å². The van der Waals surface area contributed by atoms with Gasteiger partial charge in [0.2, 0.25) is 0 Å². The number of amides is 1. The summed E-state index contributed by atoms with van der Waals surface area (Å²) in [7, 11) is -0.662. The summed E-state index contributed by atoms with van der Waals surface area (Å²) in [6.45, 7) is 9.23. The second-order valence-electron chi connectivity index (χ2n) is 7.42. The van der Waals surface area contributed by atoms with Gasteiger partial charge in [-0.25, -0.2) is 14.2 Å². The van der Waals surface area contributed by atoms with Crippen LogP contribution in [0.4, 0.5) is 15.0 Å². The van der Waals surface area contributed by atoms with E-state index in [9.17, 15) is 9.18 Å². The quantitative estimate of drug-likeness (QED) is 0.810. The largest absolute Gasteiger partial charge is 0.496 e. The van der Waals surface area contributed by atoms with Crippen LogP contribution in [0.15, 0.2) is 12.3 Å². The zero-order valence-corrected chi connectivity index (χ0v) is 15.0. The molecule has 2 aliphatic rings. The van der Waals surface area contributed by atoms with Gasteiger partial charge in [0, 0.05) is 37.8 Å². The number of nitrogens with zero attached hydrogens (tertiary/aromatic N) is 3. The third-order valence-electron chi connectivity index (χ3n) is 5.22. The summed E-state index contributed by atoms with van der Waals surface area (Å²) < 4.78 is 26.4. The van der Waals surface area contributed by atoms with Crippen molar-refractivity contribution >= 4 is 24.5 Å². The van der Waals surface area contributed by atoms with Crippen molar-refractivity contribution in [2.24, 2.45) is 0 Å². The van der Waals surface area contributed by atoms with Crippen molar-refractivity contribution in [1.82, 2.24) is 9.88 Å². The number of piperazine rings is 1. The lowest BCUT2D eigenvalue weighted by molar-refractivity contribution is 0.00578. The number of pyridine rings is 1. The molecule has 25 heavy (non-hydrogen) atoms. The van der Waals surface area contributed by atoms with Gasteiger partial charge in [-0.3, -0.25) is 0 Å². The highest BCUT2D eigenvalue weighted by molar-refractivity contribution is 6.62. The number of carbonyl (C=O) groups is 1. The van der Waals surface area contributed by atoms with E-state index in [-0.39, 0.29) is 5.82 Å². The number of carboxylic acid groups (broad SMARTS) is 1. The monoisotopic (exact) mass is 351 g/mol. The Balaban J connectivity index is 1.73. The van der Waals surface area contributed by atoms with Crippen molar-refractivity contribution in [3.63, 3.8) is 0 Å². The average molecular weight is 351 g/mol. The minimum absolute atomic E-state index is 0.227. The van der Waals surface area contributed by atoms with Gasteiger partial charge in [-0.1, -0.05) is 0 Å². The van der Waals surface area contributed by atoms with Gasteiger partial charge >= 0.3 is 13.2 Å². The highest BCUT2D eigenvalue weighted by atomic mass is 19.1. The molecule has 7 nitrogen and oxygen atoms in total. The van der Waals surface area contributed by atoms with Crippen LogP contribution in [-0.2, 0) is 9.31 Å². The van der Waals surface area contributed by atoms with E-state index in [4.69, 9.17) is 14.4 Å². The van der Waals surface area contributed by atoms with E-state index in [0.29, 0.717) is 31.6 Å². The highest BCUT2D eigenvalue weighted by Gasteiger charge is 2.52. The maximum absolute atomic E-state index is 14.6. The number of aromatic nitrogens is 1. The first kappa shape index (κ1) is 17.9. The summed E-state index contributed by atoms with van der Waals surface area (Å²) in [6, 6.07) is 1.38. The predicted molar refractivity (Wildman–Crippen MR) is 91.7 cm³/mol. The minimum atomic E-state index is -0.954. The van der Waals surface area contributed by atoms with Crippen LogP contribution in [0.1, 0.15) is 27.7 Å². The van der Waals surface area contributed by atoms with Crippen molar-refractivity contribution in [3.05, 3.63) is 18.1 Å². The summed E-state index contributed by atoms with van der Waals surface area (Å²) in [6.07, 6.45) is 0.605. The van der Waals surface area contributed by atoms with Crippen LogP contribution in [0.3, 0.4) is 0 Å². The molecular weight excluding hydrogens is 328 g/mol.